The molecule has 2 saturated heterocycles. The SMILES string of the molecule is Cc1c(OCCCN2CCC(N(C)C)CC2)cccc1-c1cccc(OCCCN2CC[C@@H](O)C2)c1C. The fourth-order valence-electron chi connectivity index (χ4n) is 5.74. The Balaban J connectivity index is 1.27. The molecule has 6 nitrogen and oxygen atoms in total. The zero-order valence-electron chi connectivity index (χ0n) is 23.4. The van der Waals surface area contributed by atoms with Gasteiger partial charge in [0, 0.05) is 32.2 Å². The van der Waals surface area contributed by atoms with Crippen LogP contribution in [0.2, 0.25) is 0 Å². The molecule has 2 aromatic carbocycles. The molecule has 0 aromatic heterocycles. The van der Waals surface area contributed by atoms with Crippen LogP contribution < -0.4 is 9.47 Å². The Hall–Kier alpha value is -2.12. The molecule has 2 heterocycles. The van der Waals surface area contributed by atoms with Gasteiger partial charge in [-0.3, -0.25) is 0 Å². The predicted octanol–water partition coefficient (Wildman–Crippen LogP) is 4.60. The number of hydrogen-bond donors (Lipinski definition) is 1. The fraction of sp³-hybridized carbons (Fsp3) is 0.613. The number of benzene rings is 2. The first kappa shape index (κ1) is 27.9. The van der Waals surface area contributed by atoms with Crippen LogP contribution in [0.5, 0.6) is 11.5 Å². The molecule has 0 saturated carbocycles. The van der Waals surface area contributed by atoms with Crippen LogP contribution in [0.3, 0.4) is 0 Å². The largest absolute Gasteiger partial charge is 0.493 e. The molecule has 0 unspecified atom stereocenters. The number of aliphatic hydroxyl groups excluding tert-OH is 1. The second-order valence-electron chi connectivity index (χ2n) is 11.0. The zero-order chi connectivity index (χ0) is 26.2. The number of nitrogens with zero attached hydrogens (tertiary/aromatic N) is 3. The smallest absolute Gasteiger partial charge is 0.122 e. The van der Waals surface area contributed by atoms with Crippen LogP contribution in [-0.2, 0) is 0 Å². The first-order valence-electron chi connectivity index (χ1n) is 14.2. The number of rotatable bonds is 12. The van der Waals surface area contributed by atoms with Crippen molar-refractivity contribution in [1.82, 2.24) is 14.7 Å². The molecule has 2 aliphatic heterocycles. The summed E-state index contributed by atoms with van der Waals surface area (Å²) in [5.74, 6) is 1.92. The molecule has 6 heteroatoms. The number of hydrogen-bond acceptors (Lipinski definition) is 6. The lowest BCUT2D eigenvalue weighted by Gasteiger charge is -2.35. The molecule has 0 aliphatic carbocycles. The molecule has 204 valence electrons. The van der Waals surface area contributed by atoms with E-state index in [2.05, 4.69) is 79.0 Å². The average Bonchev–Trinajstić information content (AvgIpc) is 3.31. The van der Waals surface area contributed by atoms with Crippen molar-refractivity contribution in [3.05, 3.63) is 47.5 Å². The second-order valence-corrected chi connectivity index (χ2v) is 11.0. The van der Waals surface area contributed by atoms with Crippen molar-refractivity contribution < 1.29 is 14.6 Å². The van der Waals surface area contributed by atoms with Crippen molar-refractivity contribution in [2.75, 3.05) is 66.6 Å². The van der Waals surface area contributed by atoms with Crippen molar-refractivity contribution >= 4 is 0 Å². The van der Waals surface area contributed by atoms with Crippen molar-refractivity contribution in [2.24, 2.45) is 0 Å². The minimum Gasteiger partial charge on any atom is -0.493 e. The fourth-order valence-corrected chi connectivity index (χ4v) is 5.74. The van der Waals surface area contributed by atoms with E-state index >= 15 is 0 Å². The van der Waals surface area contributed by atoms with Gasteiger partial charge in [-0.1, -0.05) is 24.3 Å². The highest BCUT2D eigenvalue weighted by atomic mass is 16.5. The van der Waals surface area contributed by atoms with Gasteiger partial charge in [-0.2, -0.15) is 0 Å². The lowest BCUT2D eigenvalue weighted by Crippen LogP contribution is -2.42. The maximum Gasteiger partial charge on any atom is 0.122 e. The molecule has 37 heavy (non-hydrogen) atoms. The van der Waals surface area contributed by atoms with Gasteiger partial charge in [0.1, 0.15) is 11.5 Å². The summed E-state index contributed by atoms with van der Waals surface area (Å²) < 4.78 is 12.5. The Kier molecular flexibility index (Phi) is 10.3. The van der Waals surface area contributed by atoms with Crippen molar-refractivity contribution in [1.29, 1.82) is 0 Å². The van der Waals surface area contributed by atoms with E-state index < -0.39 is 0 Å². The third kappa shape index (κ3) is 7.70. The van der Waals surface area contributed by atoms with Gasteiger partial charge in [0.25, 0.3) is 0 Å². The Morgan fingerprint density at radius 1 is 0.784 bits per heavy atom. The van der Waals surface area contributed by atoms with Gasteiger partial charge in [-0.05, 0) is 108 Å². The molecular formula is C31H47N3O3. The lowest BCUT2D eigenvalue weighted by atomic mass is 9.95. The molecule has 2 fully saturated rings. The molecular weight excluding hydrogens is 462 g/mol. The Labute approximate surface area is 224 Å². The first-order chi connectivity index (χ1) is 17.9. The van der Waals surface area contributed by atoms with Gasteiger partial charge in [0.2, 0.25) is 0 Å². The van der Waals surface area contributed by atoms with Crippen LogP contribution in [0.15, 0.2) is 36.4 Å². The highest BCUT2D eigenvalue weighted by molar-refractivity contribution is 5.74. The van der Waals surface area contributed by atoms with Crippen LogP contribution in [0, 0.1) is 13.8 Å². The minimum absolute atomic E-state index is 0.159. The molecule has 0 radical (unpaired) electrons. The molecule has 1 N–H and O–H groups in total. The van der Waals surface area contributed by atoms with E-state index in [9.17, 15) is 5.11 Å². The van der Waals surface area contributed by atoms with Gasteiger partial charge in [-0.25, -0.2) is 0 Å². The Morgan fingerprint density at radius 2 is 1.30 bits per heavy atom. The van der Waals surface area contributed by atoms with Crippen LogP contribution >= 0.6 is 0 Å². The molecule has 0 amide bonds. The van der Waals surface area contributed by atoms with Crippen LogP contribution in [-0.4, -0.2) is 98.5 Å². The number of aliphatic hydroxyl groups is 1. The van der Waals surface area contributed by atoms with E-state index in [-0.39, 0.29) is 6.10 Å². The van der Waals surface area contributed by atoms with E-state index in [1.54, 1.807) is 0 Å². The monoisotopic (exact) mass is 509 g/mol. The van der Waals surface area contributed by atoms with Crippen molar-refractivity contribution in [3.63, 3.8) is 0 Å². The molecule has 2 aliphatic rings. The quantitative estimate of drug-likeness (QED) is 0.422. The standard InChI is InChI=1S/C31H47N3O3/c1-24-28(9-5-11-30(24)36-21-7-16-33-18-13-26(14-19-33)32(3)4)29-10-6-12-31(25(29)2)37-22-8-17-34-20-15-27(35)23-34/h5-6,9-12,26-27,35H,7-8,13-23H2,1-4H3/t27-/m1/s1. The lowest BCUT2D eigenvalue weighted by molar-refractivity contribution is 0.138. The van der Waals surface area contributed by atoms with Gasteiger partial charge >= 0.3 is 0 Å². The Bertz CT molecular complexity index is 988. The molecule has 2 aromatic rings. The third-order valence-electron chi connectivity index (χ3n) is 8.15. The summed E-state index contributed by atoms with van der Waals surface area (Å²) in [6.07, 6.45) is 5.27. The average molecular weight is 510 g/mol. The first-order valence-corrected chi connectivity index (χ1v) is 14.2. The summed E-state index contributed by atoms with van der Waals surface area (Å²) in [7, 11) is 4.39. The summed E-state index contributed by atoms with van der Waals surface area (Å²) in [5.41, 5.74) is 4.76. The number of ether oxygens (including phenoxy) is 2. The van der Waals surface area contributed by atoms with E-state index in [4.69, 9.17) is 9.47 Å². The normalized spacial score (nSPS) is 19.6. The maximum atomic E-state index is 9.70. The number of piperidine rings is 1. The maximum absolute atomic E-state index is 9.70. The Morgan fingerprint density at radius 3 is 1.78 bits per heavy atom. The van der Waals surface area contributed by atoms with Gasteiger partial charge in [0.15, 0.2) is 0 Å². The number of likely N-dealkylation sites (tertiary alicyclic amines) is 2. The highest BCUT2D eigenvalue weighted by Gasteiger charge is 2.21. The highest BCUT2D eigenvalue weighted by Crippen LogP contribution is 2.35. The third-order valence-corrected chi connectivity index (χ3v) is 8.15. The van der Waals surface area contributed by atoms with Crippen LogP contribution in [0.25, 0.3) is 11.1 Å². The number of β-amino-alcohol motifs (C(OH)–C–C–N with tert-alkyl or cyclic N) is 1. The summed E-state index contributed by atoms with van der Waals surface area (Å²) in [6, 6.07) is 13.4. The summed E-state index contributed by atoms with van der Waals surface area (Å²) in [6.45, 7) is 12.0. The van der Waals surface area contributed by atoms with E-state index in [0.717, 1.165) is 69.6 Å². The minimum atomic E-state index is -0.159. The van der Waals surface area contributed by atoms with Crippen LogP contribution in [0.1, 0.15) is 43.2 Å². The molecule has 0 spiro atoms. The van der Waals surface area contributed by atoms with E-state index in [1.165, 1.54) is 48.2 Å². The molecule has 4 rings (SSSR count). The summed E-state index contributed by atoms with van der Waals surface area (Å²) >= 11 is 0. The van der Waals surface area contributed by atoms with Crippen molar-refractivity contribution in [3.8, 4) is 22.6 Å². The van der Waals surface area contributed by atoms with Crippen LogP contribution in [0.4, 0.5) is 0 Å². The van der Waals surface area contributed by atoms with Gasteiger partial charge in [-0.15, -0.1) is 0 Å². The van der Waals surface area contributed by atoms with E-state index in [0.29, 0.717) is 6.61 Å². The summed E-state index contributed by atoms with van der Waals surface area (Å²) in [5, 5.41) is 9.70. The van der Waals surface area contributed by atoms with Gasteiger partial charge in [0.05, 0.1) is 19.3 Å². The van der Waals surface area contributed by atoms with E-state index in [1.807, 2.05) is 0 Å². The molecule has 0 bridgehead atoms. The predicted molar refractivity (Wildman–Crippen MR) is 152 cm³/mol. The summed E-state index contributed by atoms with van der Waals surface area (Å²) in [4.78, 5) is 7.26. The van der Waals surface area contributed by atoms with Crippen molar-refractivity contribution in [2.45, 2.75) is 58.1 Å². The topological polar surface area (TPSA) is 48.4 Å². The molecule has 1 atom stereocenters. The second kappa shape index (κ2) is 13.6. The van der Waals surface area contributed by atoms with Gasteiger partial charge < -0.3 is 29.3 Å². The zero-order valence-corrected chi connectivity index (χ0v) is 23.4.